The zero-order chi connectivity index (χ0) is 22.7. The third-order valence-electron chi connectivity index (χ3n) is 4.51. The van der Waals surface area contributed by atoms with E-state index in [2.05, 4.69) is 10.3 Å². The van der Waals surface area contributed by atoms with E-state index in [1.54, 1.807) is 17.5 Å². The number of aryl methyl sites for hydroxylation is 1. The van der Waals surface area contributed by atoms with Gasteiger partial charge in [0.15, 0.2) is 0 Å². The van der Waals surface area contributed by atoms with Crippen molar-refractivity contribution in [1.82, 2.24) is 4.98 Å². The Labute approximate surface area is 190 Å². The first-order valence-corrected chi connectivity index (χ1v) is 11.2. The lowest BCUT2D eigenvalue weighted by Crippen LogP contribution is -2.14. The molecule has 4 aromatic rings. The fourth-order valence-electron chi connectivity index (χ4n) is 2.93. The molecule has 0 aliphatic carbocycles. The van der Waals surface area contributed by atoms with Gasteiger partial charge >= 0.3 is 5.97 Å². The first kappa shape index (κ1) is 21.6. The third kappa shape index (κ3) is 5.16. The number of nitro benzene ring substituents is 1. The van der Waals surface area contributed by atoms with E-state index in [9.17, 15) is 19.7 Å². The van der Waals surface area contributed by atoms with Crippen molar-refractivity contribution in [2.75, 3.05) is 5.32 Å². The van der Waals surface area contributed by atoms with Crippen molar-refractivity contribution in [2.45, 2.75) is 20.0 Å². The van der Waals surface area contributed by atoms with Gasteiger partial charge < -0.3 is 10.1 Å². The summed E-state index contributed by atoms with van der Waals surface area (Å²) in [5.74, 6) is -0.702. The number of esters is 1. The van der Waals surface area contributed by atoms with Crippen molar-refractivity contribution in [1.29, 1.82) is 0 Å². The minimum Gasteiger partial charge on any atom is -0.455 e. The van der Waals surface area contributed by atoms with E-state index in [1.165, 1.54) is 34.8 Å². The number of hydrogen-bond donors (Lipinski definition) is 1. The number of nitro groups is 1. The number of amides is 1. The summed E-state index contributed by atoms with van der Waals surface area (Å²) in [4.78, 5) is 39.7. The molecule has 8 nitrogen and oxygen atoms in total. The number of rotatable bonds is 7. The van der Waals surface area contributed by atoms with Gasteiger partial charge in [0.2, 0.25) is 5.91 Å². The lowest BCUT2D eigenvalue weighted by atomic mass is 10.2. The van der Waals surface area contributed by atoms with Crippen LogP contribution < -0.4 is 5.32 Å². The molecule has 0 spiro atoms. The van der Waals surface area contributed by atoms with Crippen LogP contribution in [0, 0.1) is 17.0 Å². The number of carbonyl (C=O) groups excluding carboxylic acids is 2. The summed E-state index contributed by atoms with van der Waals surface area (Å²) < 4.78 is 6.09. The number of thiazole rings is 1. The molecule has 0 saturated heterocycles. The van der Waals surface area contributed by atoms with E-state index >= 15 is 0 Å². The Balaban J connectivity index is 1.33. The minimum absolute atomic E-state index is 0.0245. The van der Waals surface area contributed by atoms with Gasteiger partial charge in [0.25, 0.3) is 5.69 Å². The highest BCUT2D eigenvalue weighted by molar-refractivity contribution is 7.20. The fraction of sp³-hybridized carbons (Fsp3) is 0.136. The number of nitrogens with zero attached hydrogens (tertiary/aromatic N) is 2. The van der Waals surface area contributed by atoms with Crippen LogP contribution >= 0.6 is 22.7 Å². The van der Waals surface area contributed by atoms with E-state index < -0.39 is 10.9 Å². The number of fused-ring (bicyclic) bond motifs is 1. The van der Waals surface area contributed by atoms with Crippen LogP contribution in [0.1, 0.15) is 25.9 Å². The smallest absolute Gasteiger partial charge is 0.348 e. The predicted octanol–water partition coefficient (Wildman–Crippen LogP) is 5.11. The zero-order valence-electron chi connectivity index (χ0n) is 16.9. The molecule has 0 saturated carbocycles. The highest BCUT2D eigenvalue weighted by Gasteiger charge is 2.16. The molecule has 0 atom stereocenters. The van der Waals surface area contributed by atoms with Gasteiger partial charge in [0.1, 0.15) is 16.5 Å². The average molecular weight is 468 g/mol. The molecular formula is C22H17N3O5S2. The van der Waals surface area contributed by atoms with E-state index in [-0.39, 0.29) is 24.6 Å². The van der Waals surface area contributed by atoms with Gasteiger partial charge in [-0.15, -0.1) is 22.7 Å². The lowest BCUT2D eigenvalue weighted by Gasteiger charge is -2.04. The molecule has 1 amide bonds. The van der Waals surface area contributed by atoms with Crippen LogP contribution in [0.5, 0.6) is 0 Å². The maximum atomic E-state index is 12.4. The summed E-state index contributed by atoms with van der Waals surface area (Å²) in [6.45, 7) is 1.95. The first-order valence-electron chi connectivity index (χ1n) is 9.52. The van der Waals surface area contributed by atoms with Gasteiger partial charge in [0, 0.05) is 33.3 Å². The number of aromatic nitrogens is 1. The summed E-state index contributed by atoms with van der Waals surface area (Å²) in [5.41, 5.74) is 2.36. The molecular weight excluding hydrogens is 450 g/mol. The van der Waals surface area contributed by atoms with Gasteiger partial charge in [-0.05, 0) is 31.2 Å². The average Bonchev–Trinajstić information content (AvgIpc) is 3.39. The topological polar surface area (TPSA) is 111 Å². The molecule has 2 aromatic carbocycles. The molecule has 162 valence electrons. The third-order valence-corrected chi connectivity index (χ3v) is 6.50. The number of nitrogens with one attached hydrogen (secondary N) is 1. The molecule has 0 aliphatic heterocycles. The SMILES string of the molecule is Cc1ccc(NC(=O)Cc2nc(COC(=O)c3cc4cc([N+](=O)[O-])ccc4s3)cs2)cc1. The van der Waals surface area contributed by atoms with Crippen LogP contribution in [-0.4, -0.2) is 21.8 Å². The molecule has 0 aliphatic rings. The summed E-state index contributed by atoms with van der Waals surface area (Å²) >= 11 is 2.53. The summed E-state index contributed by atoms with van der Waals surface area (Å²) in [6.07, 6.45) is 0.127. The molecule has 10 heteroatoms. The fourth-order valence-corrected chi connectivity index (χ4v) is 4.65. The molecule has 0 radical (unpaired) electrons. The monoisotopic (exact) mass is 467 g/mol. The summed E-state index contributed by atoms with van der Waals surface area (Å²) in [6, 6.07) is 13.5. The maximum absolute atomic E-state index is 12.4. The number of hydrogen-bond acceptors (Lipinski definition) is 8. The Bertz CT molecular complexity index is 1310. The number of thiophene rings is 1. The van der Waals surface area contributed by atoms with Gasteiger partial charge in [-0.3, -0.25) is 14.9 Å². The zero-order valence-corrected chi connectivity index (χ0v) is 18.5. The molecule has 0 fully saturated rings. The highest BCUT2D eigenvalue weighted by Crippen LogP contribution is 2.29. The Kier molecular flexibility index (Phi) is 6.24. The maximum Gasteiger partial charge on any atom is 0.348 e. The van der Waals surface area contributed by atoms with E-state index in [0.29, 0.717) is 21.0 Å². The molecule has 2 aromatic heterocycles. The molecule has 4 rings (SSSR count). The number of non-ortho nitro benzene ring substituents is 1. The summed E-state index contributed by atoms with van der Waals surface area (Å²) in [5, 5.41) is 16.7. The lowest BCUT2D eigenvalue weighted by molar-refractivity contribution is -0.384. The molecule has 0 bridgehead atoms. The van der Waals surface area contributed by atoms with E-state index in [1.807, 2.05) is 31.2 Å². The van der Waals surface area contributed by atoms with Crippen LogP contribution in [-0.2, 0) is 22.6 Å². The van der Waals surface area contributed by atoms with Gasteiger partial charge in [-0.1, -0.05) is 17.7 Å². The van der Waals surface area contributed by atoms with Crippen molar-refractivity contribution in [3.05, 3.63) is 85.2 Å². The highest BCUT2D eigenvalue weighted by atomic mass is 32.1. The molecule has 0 unspecified atom stereocenters. The molecule has 2 heterocycles. The van der Waals surface area contributed by atoms with Crippen LogP contribution in [0.2, 0.25) is 0 Å². The van der Waals surface area contributed by atoms with Crippen molar-refractivity contribution < 1.29 is 19.2 Å². The second kappa shape index (κ2) is 9.25. The van der Waals surface area contributed by atoms with E-state index in [4.69, 9.17) is 4.74 Å². The van der Waals surface area contributed by atoms with Crippen molar-refractivity contribution in [2.24, 2.45) is 0 Å². The predicted molar refractivity (Wildman–Crippen MR) is 123 cm³/mol. The van der Waals surface area contributed by atoms with E-state index in [0.717, 1.165) is 16.0 Å². The number of carbonyl (C=O) groups is 2. The van der Waals surface area contributed by atoms with Gasteiger partial charge in [-0.2, -0.15) is 0 Å². The standard InChI is InChI=1S/C22H17N3O5S2/c1-13-2-4-15(5-3-13)23-20(26)10-21-24-16(12-31-21)11-30-22(27)19-9-14-8-17(25(28)29)6-7-18(14)32-19/h2-9,12H,10-11H2,1H3,(H,23,26). The van der Waals surface area contributed by atoms with Gasteiger partial charge in [0.05, 0.1) is 17.0 Å². The molecule has 32 heavy (non-hydrogen) atoms. The minimum atomic E-state index is -0.527. The van der Waals surface area contributed by atoms with Crippen LogP contribution in [0.15, 0.2) is 53.9 Å². The number of anilines is 1. The molecule has 1 N–H and O–H groups in total. The largest absolute Gasteiger partial charge is 0.455 e. The summed E-state index contributed by atoms with van der Waals surface area (Å²) in [7, 11) is 0. The van der Waals surface area contributed by atoms with Gasteiger partial charge in [-0.25, -0.2) is 9.78 Å². The van der Waals surface area contributed by atoms with Crippen LogP contribution in [0.3, 0.4) is 0 Å². The van der Waals surface area contributed by atoms with Crippen LogP contribution in [0.25, 0.3) is 10.1 Å². The Morgan fingerprint density at radius 2 is 1.94 bits per heavy atom. The Morgan fingerprint density at radius 3 is 2.69 bits per heavy atom. The first-order chi connectivity index (χ1) is 15.4. The van der Waals surface area contributed by atoms with Crippen molar-refractivity contribution in [3.8, 4) is 0 Å². The van der Waals surface area contributed by atoms with Crippen molar-refractivity contribution >= 4 is 56.0 Å². The number of benzene rings is 2. The quantitative estimate of drug-likeness (QED) is 0.230. The Hall–Kier alpha value is -3.63. The van der Waals surface area contributed by atoms with Crippen molar-refractivity contribution in [3.63, 3.8) is 0 Å². The van der Waals surface area contributed by atoms with Crippen LogP contribution in [0.4, 0.5) is 11.4 Å². The second-order valence-corrected chi connectivity index (χ2v) is 9.02. The normalized spacial score (nSPS) is 10.8. The second-order valence-electron chi connectivity index (χ2n) is 6.99. The number of ether oxygens (including phenoxy) is 1. The Morgan fingerprint density at radius 1 is 1.16 bits per heavy atom.